The van der Waals surface area contributed by atoms with Crippen molar-refractivity contribution in [3.8, 4) is 5.69 Å². The van der Waals surface area contributed by atoms with Gasteiger partial charge < -0.3 is 5.84 Å². The number of hydrogen-bond acceptors (Lipinski definition) is 3. The first kappa shape index (κ1) is 18.1. The summed E-state index contributed by atoms with van der Waals surface area (Å²) in [6, 6.07) is 10.5. The molecule has 0 aliphatic heterocycles. The Hall–Kier alpha value is -2.70. The third-order valence-electron chi connectivity index (χ3n) is 3.68. The second-order valence-electron chi connectivity index (χ2n) is 5.30. The van der Waals surface area contributed by atoms with Gasteiger partial charge in [-0.05, 0) is 30.3 Å². The van der Waals surface area contributed by atoms with Gasteiger partial charge in [-0.15, -0.1) is 0 Å². The Morgan fingerprint density at radius 3 is 2.35 bits per heavy atom. The van der Waals surface area contributed by atoms with E-state index < -0.39 is 17.2 Å². The molecule has 0 saturated carbocycles. The molecule has 1 aromatic heterocycles. The maximum absolute atomic E-state index is 14.1. The summed E-state index contributed by atoms with van der Waals surface area (Å²) in [4.78, 5) is 12.3. The summed E-state index contributed by atoms with van der Waals surface area (Å²) in [6.45, 7) is 0. The Balaban J connectivity index is 2.20. The fraction of sp³-hybridized carbons (Fsp3) is 0. The molecule has 0 fully saturated rings. The fourth-order valence-corrected chi connectivity index (χ4v) is 3.08. The van der Waals surface area contributed by atoms with Gasteiger partial charge in [0.2, 0.25) is 0 Å². The SMILES string of the molecule is N/N=C(\c1ccc(=O)n(-c2c(Cl)cccc2Cl)c1)c1ccc(F)cc1F. The van der Waals surface area contributed by atoms with E-state index in [1.165, 1.54) is 29.0 Å². The second kappa shape index (κ2) is 7.27. The van der Waals surface area contributed by atoms with E-state index in [0.29, 0.717) is 5.56 Å². The van der Waals surface area contributed by atoms with Crippen LogP contribution in [-0.2, 0) is 0 Å². The van der Waals surface area contributed by atoms with E-state index in [0.717, 1.165) is 12.1 Å². The monoisotopic (exact) mass is 393 g/mol. The highest BCUT2D eigenvalue weighted by atomic mass is 35.5. The Morgan fingerprint density at radius 1 is 1.04 bits per heavy atom. The molecule has 0 aliphatic carbocycles. The second-order valence-corrected chi connectivity index (χ2v) is 6.11. The lowest BCUT2D eigenvalue weighted by molar-refractivity contribution is 0.581. The summed E-state index contributed by atoms with van der Waals surface area (Å²) in [7, 11) is 0. The van der Waals surface area contributed by atoms with Crippen molar-refractivity contribution in [2.75, 3.05) is 0 Å². The van der Waals surface area contributed by atoms with Gasteiger partial charge in [-0.3, -0.25) is 9.36 Å². The fourth-order valence-electron chi connectivity index (χ4n) is 2.50. The van der Waals surface area contributed by atoms with Crippen molar-refractivity contribution in [2.45, 2.75) is 0 Å². The first-order chi connectivity index (χ1) is 12.4. The molecular formula is C18H11Cl2F2N3O. The lowest BCUT2D eigenvalue weighted by Gasteiger charge is -2.13. The average Bonchev–Trinajstić information content (AvgIpc) is 2.59. The van der Waals surface area contributed by atoms with Gasteiger partial charge in [0.1, 0.15) is 17.3 Å². The summed E-state index contributed by atoms with van der Waals surface area (Å²) in [6.07, 6.45) is 1.39. The van der Waals surface area contributed by atoms with Crippen LogP contribution in [0.5, 0.6) is 0 Å². The largest absolute Gasteiger partial charge is 0.323 e. The summed E-state index contributed by atoms with van der Waals surface area (Å²) < 4.78 is 28.5. The van der Waals surface area contributed by atoms with Gasteiger partial charge in [0, 0.05) is 29.5 Å². The third kappa shape index (κ3) is 3.34. The predicted molar refractivity (Wildman–Crippen MR) is 98.2 cm³/mol. The van der Waals surface area contributed by atoms with Crippen molar-refractivity contribution in [3.63, 3.8) is 0 Å². The highest BCUT2D eigenvalue weighted by Crippen LogP contribution is 2.27. The van der Waals surface area contributed by atoms with Crippen LogP contribution in [-0.4, -0.2) is 10.3 Å². The summed E-state index contributed by atoms with van der Waals surface area (Å²) >= 11 is 12.3. The molecule has 0 aliphatic rings. The van der Waals surface area contributed by atoms with Gasteiger partial charge in [-0.1, -0.05) is 29.3 Å². The van der Waals surface area contributed by atoms with Crippen molar-refractivity contribution in [2.24, 2.45) is 10.9 Å². The highest BCUT2D eigenvalue weighted by molar-refractivity contribution is 6.37. The molecule has 2 aromatic carbocycles. The number of para-hydroxylation sites is 1. The van der Waals surface area contributed by atoms with Gasteiger partial charge in [0.05, 0.1) is 15.7 Å². The van der Waals surface area contributed by atoms with E-state index in [2.05, 4.69) is 5.10 Å². The molecule has 0 unspecified atom stereocenters. The summed E-state index contributed by atoms with van der Waals surface area (Å²) in [5, 5.41) is 4.12. The number of nitrogens with zero attached hydrogens (tertiary/aromatic N) is 2. The van der Waals surface area contributed by atoms with Crippen LogP contribution in [0.1, 0.15) is 11.1 Å². The normalized spacial score (nSPS) is 11.6. The van der Waals surface area contributed by atoms with Crippen LogP contribution in [0.25, 0.3) is 5.69 Å². The smallest absolute Gasteiger partial charge is 0.255 e. The Labute approximate surface area is 157 Å². The minimum Gasteiger partial charge on any atom is -0.323 e. The number of hydrogen-bond donors (Lipinski definition) is 1. The lowest BCUT2D eigenvalue weighted by Crippen LogP contribution is -2.20. The molecule has 8 heteroatoms. The highest BCUT2D eigenvalue weighted by Gasteiger charge is 2.16. The van der Waals surface area contributed by atoms with Gasteiger partial charge in [0.15, 0.2) is 0 Å². The molecule has 3 aromatic rings. The molecule has 132 valence electrons. The predicted octanol–water partition coefficient (Wildman–Crippen LogP) is 4.13. The Kier molecular flexibility index (Phi) is 5.06. The first-order valence-corrected chi connectivity index (χ1v) is 8.08. The quantitative estimate of drug-likeness (QED) is 0.413. The molecule has 0 bridgehead atoms. The van der Waals surface area contributed by atoms with Gasteiger partial charge >= 0.3 is 0 Å². The topological polar surface area (TPSA) is 60.4 Å². The van der Waals surface area contributed by atoms with Crippen molar-refractivity contribution < 1.29 is 8.78 Å². The molecule has 4 nitrogen and oxygen atoms in total. The number of halogens is 4. The van der Waals surface area contributed by atoms with Crippen LogP contribution < -0.4 is 11.4 Å². The molecular weight excluding hydrogens is 383 g/mol. The number of benzene rings is 2. The molecule has 0 amide bonds. The van der Waals surface area contributed by atoms with Crippen LogP contribution in [0.15, 0.2) is 64.6 Å². The summed E-state index contributed by atoms with van der Waals surface area (Å²) in [5.41, 5.74) is 0.232. The Bertz CT molecular complexity index is 1060. The zero-order chi connectivity index (χ0) is 18.8. The molecule has 1 heterocycles. The first-order valence-electron chi connectivity index (χ1n) is 7.33. The molecule has 2 N–H and O–H groups in total. The standard InChI is InChI=1S/C18H11Cl2F2N3O/c19-13-2-1-3-14(20)18(13)25-9-10(4-7-16(25)26)17(24-23)12-6-5-11(21)8-15(12)22/h1-9H,23H2/b24-17+. The molecule has 0 saturated heterocycles. The van der Waals surface area contributed by atoms with E-state index >= 15 is 0 Å². The number of pyridine rings is 1. The van der Waals surface area contributed by atoms with Crippen LogP contribution in [0, 0.1) is 11.6 Å². The molecule has 0 radical (unpaired) electrons. The molecule has 0 spiro atoms. The van der Waals surface area contributed by atoms with Crippen molar-refractivity contribution in [1.82, 2.24) is 4.57 Å². The minimum atomic E-state index is -0.831. The van der Waals surface area contributed by atoms with Crippen LogP contribution in [0.3, 0.4) is 0 Å². The van der Waals surface area contributed by atoms with E-state index in [-0.39, 0.29) is 27.0 Å². The van der Waals surface area contributed by atoms with E-state index in [4.69, 9.17) is 29.0 Å². The zero-order valence-corrected chi connectivity index (χ0v) is 14.6. The van der Waals surface area contributed by atoms with E-state index in [1.807, 2.05) is 0 Å². The van der Waals surface area contributed by atoms with Gasteiger partial charge in [-0.2, -0.15) is 5.10 Å². The molecule has 0 atom stereocenters. The number of nitrogens with two attached hydrogens (primary N) is 1. The maximum Gasteiger partial charge on any atom is 0.255 e. The van der Waals surface area contributed by atoms with E-state index in [1.54, 1.807) is 18.2 Å². The number of aromatic nitrogens is 1. The third-order valence-corrected chi connectivity index (χ3v) is 4.29. The maximum atomic E-state index is 14.1. The molecule has 26 heavy (non-hydrogen) atoms. The van der Waals surface area contributed by atoms with Crippen LogP contribution in [0.2, 0.25) is 10.0 Å². The van der Waals surface area contributed by atoms with Crippen LogP contribution >= 0.6 is 23.2 Å². The Morgan fingerprint density at radius 2 is 1.73 bits per heavy atom. The minimum absolute atomic E-state index is 0.00986. The van der Waals surface area contributed by atoms with E-state index in [9.17, 15) is 13.6 Å². The summed E-state index contributed by atoms with van der Waals surface area (Å²) in [5.74, 6) is 3.86. The lowest BCUT2D eigenvalue weighted by atomic mass is 10.0. The van der Waals surface area contributed by atoms with Gasteiger partial charge in [-0.25, -0.2) is 8.78 Å². The van der Waals surface area contributed by atoms with Crippen molar-refractivity contribution in [3.05, 3.63) is 97.9 Å². The average molecular weight is 394 g/mol. The molecule has 3 rings (SSSR count). The van der Waals surface area contributed by atoms with Gasteiger partial charge in [0.25, 0.3) is 5.56 Å². The van der Waals surface area contributed by atoms with Crippen molar-refractivity contribution in [1.29, 1.82) is 0 Å². The zero-order valence-electron chi connectivity index (χ0n) is 13.1. The van der Waals surface area contributed by atoms with Crippen LogP contribution in [0.4, 0.5) is 8.78 Å². The number of hydrazone groups is 1. The number of rotatable bonds is 3. The van der Waals surface area contributed by atoms with Crippen molar-refractivity contribution >= 4 is 28.9 Å².